The van der Waals surface area contributed by atoms with Gasteiger partial charge in [-0.15, -0.1) is 11.3 Å². The number of carbonyl (C=O) groups excluding carboxylic acids is 2. The number of primary amides is 1. The zero-order valence-electron chi connectivity index (χ0n) is 19.5. The van der Waals surface area contributed by atoms with E-state index in [4.69, 9.17) is 10.7 Å². The van der Waals surface area contributed by atoms with Gasteiger partial charge in [0.05, 0.1) is 28.2 Å². The Balaban J connectivity index is 1.67. The van der Waals surface area contributed by atoms with Gasteiger partial charge >= 0.3 is 0 Å². The van der Waals surface area contributed by atoms with E-state index in [1.54, 1.807) is 42.9 Å². The highest BCUT2D eigenvalue weighted by molar-refractivity contribution is 7.21. The van der Waals surface area contributed by atoms with E-state index in [9.17, 15) is 18.4 Å². The highest BCUT2D eigenvalue weighted by Crippen LogP contribution is 2.39. The lowest BCUT2D eigenvalue weighted by Crippen LogP contribution is -2.17. The second-order valence-electron chi connectivity index (χ2n) is 8.34. The summed E-state index contributed by atoms with van der Waals surface area (Å²) < 4.78 is 28.3. The summed E-state index contributed by atoms with van der Waals surface area (Å²) in [5.74, 6) is -1.30. The highest BCUT2D eigenvalue weighted by Gasteiger charge is 2.24. The van der Waals surface area contributed by atoms with Gasteiger partial charge in [0.15, 0.2) is 0 Å². The van der Waals surface area contributed by atoms with E-state index in [1.165, 1.54) is 6.07 Å². The first kappa shape index (κ1) is 23.5. The van der Waals surface area contributed by atoms with Gasteiger partial charge < -0.3 is 11.1 Å². The molecule has 5 aromatic rings. The molecule has 0 atom stereocenters. The molecule has 0 spiro atoms. The van der Waals surface area contributed by atoms with Gasteiger partial charge in [0.1, 0.15) is 15.4 Å². The first-order chi connectivity index (χ1) is 17.1. The van der Waals surface area contributed by atoms with Crippen LogP contribution in [0.5, 0.6) is 0 Å². The number of thiophene rings is 1. The molecule has 2 amide bonds. The number of rotatable bonds is 5. The maximum atomic E-state index is 13.7. The molecule has 0 aliphatic rings. The summed E-state index contributed by atoms with van der Waals surface area (Å²) in [6, 6.07) is 10.1. The molecule has 3 N–H and O–H groups in total. The van der Waals surface area contributed by atoms with Gasteiger partial charge in [-0.1, -0.05) is 18.2 Å². The smallest absolute Gasteiger partial charge is 0.280 e. The summed E-state index contributed by atoms with van der Waals surface area (Å²) in [6.45, 7) is 3.47. The number of nitrogens with two attached hydrogens (primary N) is 1. The molecule has 0 saturated carbocycles. The van der Waals surface area contributed by atoms with Crippen molar-refractivity contribution in [3.63, 3.8) is 0 Å². The minimum Gasteiger partial charge on any atom is -0.365 e. The molecular formula is C25H20F2N6O2S. The van der Waals surface area contributed by atoms with Crippen LogP contribution in [0.2, 0.25) is 0 Å². The van der Waals surface area contributed by atoms with Crippen LogP contribution in [0.1, 0.15) is 43.4 Å². The number of aryl methyl sites for hydroxylation is 3. The number of hydrogen-bond acceptors (Lipinski definition) is 6. The molecule has 0 fully saturated rings. The maximum Gasteiger partial charge on any atom is 0.280 e. The van der Waals surface area contributed by atoms with Crippen LogP contribution in [0, 0.1) is 13.8 Å². The zero-order chi connectivity index (χ0) is 25.7. The number of aromatic nitrogens is 4. The van der Waals surface area contributed by atoms with Crippen molar-refractivity contribution in [2.24, 2.45) is 12.8 Å². The van der Waals surface area contributed by atoms with Crippen LogP contribution in [0.3, 0.4) is 0 Å². The number of fused-ring (bicyclic) bond motifs is 2. The SMILES string of the molecule is Cc1nn(C)cc1-c1cc(C(=O)Nc2c(C(N)=O)sc3nc(C(F)F)cc(C)c23)c2ccccc2n1. The monoisotopic (exact) mass is 506 g/mol. The van der Waals surface area contributed by atoms with Crippen molar-refractivity contribution in [2.75, 3.05) is 5.32 Å². The molecule has 8 nitrogen and oxygen atoms in total. The van der Waals surface area contributed by atoms with Crippen LogP contribution in [0.4, 0.5) is 14.5 Å². The van der Waals surface area contributed by atoms with Crippen molar-refractivity contribution >= 4 is 50.0 Å². The first-order valence-corrected chi connectivity index (χ1v) is 11.7. The fourth-order valence-electron chi connectivity index (χ4n) is 4.25. The molecule has 0 bridgehead atoms. The number of benzene rings is 1. The Bertz CT molecular complexity index is 1690. The Kier molecular flexibility index (Phi) is 5.71. The Morgan fingerprint density at radius 2 is 1.89 bits per heavy atom. The molecule has 0 saturated heterocycles. The minimum atomic E-state index is -2.78. The number of para-hydroxylation sites is 1. The number of carbonyl (C=O) groups is 2. The second kappa shape index (κ2) is 8.76. The van der Waals surface area contributed by atoms with Gasteiger partial charge in [0, 0.05) is 29.6 Å². The van der Waals surface area contributed by atoms with Gasteiger partial charge in [0.2, 0.25) is 0 Å². The van der Waals surface area contributed by atoms with E-state index in [0.717, 1.165) is 22.6 Å². The molecule has 4 heterocycles. The Morgan fingerprint density at radius 1 is 1.14 bits per heavy atom. The highest BCUT2D eigenvalue weighted by atomic mass is 32.1. The minimum absolute atomic E-state index is 0.0297. The van der Waals surface area contributed by atoms with E-state index in [0.29, 0.717) is 33.1 Å². The van der Waals surface area contributed by atoms with Gasteiger partial charge in [-0.05, 0) is 37.6 Å². The summed E-state index contributed by atoms with van der Waals surface area (Å²) in [7, 11) is 1.80. The quantitative estimate of drug-likeness (QED) is 0.342. The number of nitrogens with one attached hydrogen (secondary N) is 1. The average Bonchev–Trinajstić information content (AvgIpc) is 3.37. The molecule has 1 aromatic carbocycles. The largest absolute Gasteiger partial charge is 0.365 e. The van der Waals surface area contributed by atoms with Crippen LogP contribution >= 0.6 is 11.3 Å². The maximum absolute atomic E-state index is 13.7. The third-order valence-corrected chi connectivity index (χ3v) is 6.91. The number of pyridine rings is 2. The van der Waals surface area contributed by atoms with Gasteiger partial charge in [-0.3, -0.25) is 14.3 Å². The predicted octanol–water partition coefficient (Wildman–Crippen LogP) is 5.15. The summed E-state index contributed by atoms with van der Waals surface area (Å²) in [4.78, 5) is 34.8. The topological polar surface area (TPSA) is 116 Å². The Labute approximate surface area is 207 Å². The van der Waals surface area contributed by atoms with Crippen LogP contribution in [0.25, 0.3) is 32.4 Å². The third-order valence-electron chi connectivity index (χ3n) is 5.82. The molecule has 11 heteroatoms. The van der Waals surface area contributed by atoms with Crippen molar-refractivity contribution in [3.05, 3.63) is 70.0 Å². The van der Waals surface area contributed by atoms with Crippen LogP contribution in [-0.4, -0.2) is 31.6 Å². The molecule has 4 aromatic heterocycles. The number of nitrogens with zero attached hydrogens (tertiary/aromatic N) is 4. The summed E-state index contributed by atoms with van der Waals surface area (Å²) in [5.41, 5.74) is 8.78. The van der Waals surface area contributed by atoms with Crippen molar-refractivity contribution < 1.29 is 18.4 Å². The fourth-order valence-corrected chi connectivity index (χ4v) is 5.31. The molecule has 0 aliphatic heterocycles. The fraction of sp³-hybridized carbons (Fsp3) is 0.160. The summed E-state index contributed by atoms with van der Waals surface area (Å²) in [6.07, 6.45) is -0.954. The molecule has 182 valence electrons. The lowest BCUT2D eigenvalue weighted by Gasteiger charge is -2.12. The average molecular weight is 507 g/mol. The first-order valence-electron chi connectivity index (χ1n) is 10.9. The lowest BCUT2D eigenvalue weighted by molar-refractivity contribution is 0.100. The number of anilines is 1. The molecular weight excluding hydrogens is 486 g/mol. The molecule has 36 heavy (non-hydrogen) atoms. The second-order valence-corrected chi connectivity index (χ2v) is 9.34. The summed E-state index contributed by atoms with van der Waals surface area (Å²) in [5, 5.41) is 8.17. The normalized spacial score (nSPS) is 11.5. The third kappa shape index (κ3) is 3.97. The van der Waals surface area contributed by atoms with Crippen LogP contribution < -0.4 is 11.1 Å². The predicted molar refractivity (Wildman–Crippen MR) is 134 cm³/mol. The van der Waals surface area contributed by atoms with Gasteiger partial charge in [-0.2, -0.15) is 5.10 Å². The van der Waals surface area contributed by atoms with Crippen molar-refractivity contribution in [2.45, 2.75) is 20.3 Å². The summed E-state index contributed by atoms with van der Waals surface area (Å²) >= 11 is 0.866. The van der Waals surface area contributed by atoms with E-state index in [2.05, 4.69) is 15.4 Å². The lowest BCUT2D eigenvalue weighted by atomic mass is 10.0. The zero-order valence-corrected chi connectivity index (χ0v) is 20.3. The molecule has 0 unspecified atom stereocenters. The Morgan fingerprint density at radius 3 is 2.56 bits per heavy atom. The van der Waals surface area contributed by atoms with Gasteiger partial charge in [0.25, 0.3) is 18.2 Å². The van der Waals surface area contributed by atoms with Gasteiger partial charge in [-0.25, -0.2) is 18.7 Å². The van der Waals surface area contributed by atoms with Crippen LogP contribution in [0.15, 0.2) is 42.6 Å². The number of alkyl halides is 2. The molecule has 5 rings (SSSR count). The van der Waals surface area contributed by atoms with Crippen molar-refractivity contribution in [1.82, 2.24) is 19.7 Å². The number of amides is 2. The van der Waals surface area contributed by atoms with Crippen molar-refractivity contribution in [3.8, 4) is 11.3 Å². The number of hydrogen-bond donors (Lipinski definition) is 2. The Hall–Kier alpha value is -4.25. The van der Waals surface area contributed by atoms with E-state index in [-0.39, 0.29) is 15.4 Å². The van der Waals surface area contributed by atoms with E-state index < -0.39 is 23.9 Å². The standard InChI is InChI=1S/C25H20F2N6O2S/c1-11-8-18(22(26)27)30-25-19(11)20(21(36-25)23(28)34)31-24(35)14-9-17(15-10-33(3)32-12(15)2)29-16-7-5-4-6-13(14)16/h4-10,22H,1-3H3,(H2,28,34)(H,31,35). The van der Waals surface area contributed by atoms with Crippen LogP contribution in [-0.2, 0) is 7.05 Å². The van der Waals surface area contributed by atoms with E-state index in [1.807, 2.05) is 19.2 Å². The molecule has 0 aliphatic carbocycles. The molecule has 0 radical (unpaired) electrons. The number of halogens is 2. The van der Waals surface area contributed by atoms with Crippen molar-refractivity contribution in [1.29, 1.82) is 0 Å². The van der Waals surface area contributed by atoms with E-state index >= 15 is 0 Å².